The first-order valence-corrected chi connectivity index (χ1v) is 8.55. The molecule has 0 aliphatic rings. The van der Waals surface area contributed by atoms with Gasteiger partial charge in [0.15, 0.2) is 0 Å². The number of H-pyrrole nitrogens is 1. The van der Waals surface area contributed by atoms with Crippen LogP contribution in [0.3, 0.4) is 0 Å². The van der Waals surface area contributed by atoms with Gasteiger partial charge in [0.05, 0.1) is 12.2 Å². The number of hydrogen-bond donors (Lipinski definition) is 2. The van der Waals surface area contributed by atoms with E-state index < -0.39 is 0 Å². The van der Waals surface area contributed by atoms with Gasteiger partial charge in [-0.1, -0.05) is 6.07 Å². The molecular formula is C20H26N2O3. The highest BCUT2D eigenvalue weighted by atomic mass is 16.5. The van der Waals surface area contributed by atoms with Gasteiger partial charge in [-0.3, -0.25) is 4.79 Å². The zero-order chi connectivity index (χ0) is 18.6. The van der Waals surface area contributed by atoms with Crippen LogP contribution in [0.4, 0.5) is 5.69 Å². The quantitative estimate of drug-likeness (QED) is 0.780. The molecule has 0 radical (unpaired) electrons. The van der Waals surface area contributed by atoms with E-state index in [0.29, 0.717) is 25.0 Å². The number of rotatable bonds is 6. The molecule has 1 aromatic carbocycles. The van der Waals surface area contributed by atoms with Crippen LogP contribution >= 0.6 is 0 Å². The molecule has 0 saturated heterocycles. The minimum absolute atomic E-state index is 0.0485. The average molecular weight is 342 g/mol. The van der Waals surface area contributed by atoms with E-state index in [1.54, 1.807) is 6.92 Å². The number of esters is 1. The Morgan fingerprint density at radius 2 is 1.84 bits per heavy atom. The monoisotopic (exact) mass is 342 g/mol. The summed E-state index contributed by atoms with van der Waals surface area (Å²) in [6.45, 7) is 9.92. The van der Waals surface area contributed by atoms with Crippen LogP contribution < -0.4 is 5.32 Å². The van der Waals surface area contributed by atoms with Gasteiger partial charge in [-0.2, -0.15) is 0 Å². The van der Waals surface area contributed by atoms with Gasteiger partial charge < -0.3 is 15.0 Å². The van der Waals surface area contributed by atoms with Crippen molar-refractivity contribution in [1.82, 2.24) is 4.98 Å². The number of aryl methyl sites for hydroxylation is 4. The van der Waals surface area contributed by atoms with Gasteiger partial charge in [-0.25, -0.2) is 4.79 Å². The molecule has 1 amide bonds. The molecule has 0 aliphatic carbocycles. The third-order valence-corrected chi connectivity index (χ3v) is 4.41. The van der Waals surface area contributed by atoms with Crippen LogP contribution in [0.25, 0.3) is 0 Å². The van der Waals surface area contributed by atoms with Crippen molar-refractivity contribution >= 4 is 17.6 Å². The fourth-order valence-corrected chi connectivity index (χ4v) is 2.86. The summed E-state index contributed by atoms with van der Waals surface area (Å²) in [5.74, 6) is -0.368. The van der Waals surface area contributed by atoms with Crippen LogP contribution in [-0.4, -0.2) is 23.5 Å². The summed E-state index contributed by atoms with van der Waals surface area (Å²) in [5.41, 5.74) is 6.26. The predicted octanol–water partition coefficient (Wildman–Crippen LogP) is 4.00. The first-order valence-electron chi connectivity index (χ1n) is 8.55. The summed E-state index contributed by atoms with van der Waals surface area (Å²) in [6, 6.07) is 5.87. The number of hydrogen-bond acceptors (Lipinski definition) is 3. The fraction of sp³-hybridized carbons (Fsp3) is 0.400. The lowest BCUT2D eigenvalue weighted by Crippen LogP contribution is -2.13. The van der Waals surface area contributed by atoms with E-state index in [1.807, 2.05) is 45.9 Å². The fourth-order valence-electron chi connectivity index (χ4n) is 2.86. The molecule has 0 atom stereocenters. The van der Waals surface area contributed by atoms with Crippen molar-refractivity contribution in [3.8, 4) is 0 Å². The number of anilines is 1. The highest BCUT2D eigenvalue weighted by Gasteiger charge is 2.19. The number of aromatic amines is 1. The maximum Gasteiger partial charge on any atom is 0.340 e. The van der Waals surface area contributed by atoms with Gasteiger partial charge in [0.2, 0.25) is 5.91 Å². The summed E-state index contributed by atoms with van der Waals surface area (Å²) in [7, 11) is 0. The van der Waals surface area contributed by atoms with E-state index in [-0.39, 0.29) is 11.9 Å². The first kappa shape index (κ1) is 18.8. The van der Waals surface area contributed by atoms with Crippen molar-refractivity contribution in [3.05, 3.63) is 51.8 Å². The van der Waals surface area contributed by atoms with Gasteiger partial charge in [0, 0.05) is 23.5 Å². The standard InChI is InChI=1S/C20H26N2O3/c1-6-25-20(24)19-14(4)17(21-15(19)5)9-10-18(23)22-16-8-7-12(2)13(3)11-16/h7-8,11,21H,6,9-10H2,1-5H3,(H,22,23). The van der Waals surface area contributed by atoms with Crippen molar-refractivity contribution in [3.63, 3.8) is 0 Å². The second kappa shape index (κ2) is 8.01. The Labute approximate surface area is 148 Å². The Balaban J connectivity index is 2.01. The minimum atomic E-state index is -0.320. The van der Waals surface area contributed by atoms with Gasteiger partial charge in [-0.15, -0.1) is 0 Å². The number of nitrogens with one attached hydrogen (secondary N) is 2. The van der Waals surface area contributed by atoms with Crippen LogP contribution in [0, 0.1) is 27.7 Å². The van der Waals surface area contributed by atoms with Crippen LogP contribution in [0.1, 0.15) is 51.8 Å². The molecule has 5 nitrogen and oxygen atoms in total. The molecule has 0 saturated carbocycles. The van der Waals surface area contributed by atoms with Crippen molar-refractivity contribution in [2.75, 3.05) is 11.9 Å². The average Bonchev–Trinajstić information content (AvgIpc) is 2.83. The number of aromatic nitrogens is 1. The number of carbonyl (C=O) groups excluding carboxylic acids is 2. The summed E-state index contributed by atoms with van der Waals surface area (Å²) in [6.07, 6.45) is 0.888. The molecule has 5 heteroatoms. The number of amides is 1. The second-order valence-electron chi connectivity index (χ2n) is 6.30. The highest BCUT2D eigenvalue weighted by Crippen LogP contribution is 2.21. The normalized spacial score (nSPS) is 10.6. The highest BCUT2D eigenvalue weighted by molar-refractivity contribution is 5.93. The second-order valence-corrected chi connectivity index (χ2v) is 6.30. The van der Waals surface area contributed by atoms with E-state index in [1.165, 1.54) is 5.56 Å². The predicted molar refractivity (Wildman–Crippen MR) is 99.1 cm³/mol. The topological polar surface area (TPSA) is 71.2 Å². The van der Waals surface area contributed by atoms with Gasteiger partial charge in [0.25, 0.3) is 0 Å². The Hall–Kier alpha value is -2.56. The van der Waals surface area contributed by atoms with Gasteiger partial charge >= 0.3 is 5.97 Å². The van der Waals surface area contributed by atoms with Crippen molar-refractivity contribution in [1.29, 1.82) is 0 Å². The maximum absolute atomic E-state index is 12.2. The minimum Gasteiger partial charge on any atom is -0.462 e. The van der Waals surface area contributed by atoms with Crippen molar-refractivity contribution < 1.29 is 14.3 Å². The van der Waals surface area contributed by atoms with Crippen LogP contribution in [0.5, 0.6) is 0 Å². The molecule has 0 fully saturated rings. The summed E-state index contributed by atoms with van der Waals surface area (Å²) in [4.78, 5) is 27.4. The van der Waals surface area contributed by atoms with Crippen LogP contribution in [0.15, 0.2) is 18.2 Å². The molecule has 0 aliphatic heterocycles. The third-order valence-electron chi connectivity index (χ3n) is 4.41. The third kappa shape index (κ3) is 4.50. The van der Waals surface area contributed by atoms with E-state index >= 15 is 0 Å². The molecule has 25 heavy (non-hydrogen) atoms. The zero-order valence-corrected chi connectivity index (χ0v) is 15.6. The molecule has 2 N–H and O–H groups in total. The molecule has 0 bridgehead atoms. The Morgan fingerprint density at radius 3 is 2.48 bits per heavy atom. The van der Waals surface area contributed by atoms with Crippen LogP contribution in [0.2, 0.25) is 0 Å². The summed E-state index contributed by atoms with van der Waals surface area (Å²) in [5, 5.41) is 2.92. The molecular weight excluding hydrogens is 316 g/mol. The lowest BCUT2D eigenvalue weighted by atomic mass is 10.1. The largest absolute Gasteiger partial charge is 0.462 e. The Kier molecular flexibility index (Phi) is 6.02. The SMILES string of the molecule is CCOC(=O)c1c(C)[nH]c(CCC(=O)Nc2ccc(C)c(C)c2)c1C. The lowest BCUT2D eigenvalue weighted by molar-refractivity contribution is -0.116. The zero-order valence-electron chi connectivity index (χ0n) is 15.6. The molecule has 1 aromatic heterocycles. The van der Waals surface area contributed by atoms with Crippen molar-refractivity contribution in [2.24, 2.45) is 0 Å². The number of carbonyl (C=O) groups is 2. The molecule has 2 aromatic rings. The summed E-state index contributed by atoms with van der Waals surface area (Å²) < 4.78 is 5.09. The number of benzene rings is 1. The van der Waals surface area contributed by atoms with E-state index in [0.717, 1.165) is 28.2 Å². The molecule has 2 rings (SSSR count). The Bertz CT molecular complexity index is 790. The van der Waals surface area contributed by atoms with E-state index in [4.69, 9.17) is 4.74 Å². The van der Waals surface area contributed by atoms with E-state index in [2.05, 4.69) is 10.3 Å². The molecule has 1 heterocycles. The molecule has 134 valence electrons. The molecule has 0 spiro atoms. The lowest BCUT2D eigenvalue weighted by Gasteiger charge is -2.08. The van der Waals surface area contributed by atoms with Gasteiger partial charge in [-0.05, 0) is 69.9 Å². The Morgan fingerprint density at radius 1 is 1.12 bits per heavy atom. The van der Waals surface area contributed by atoms with Gasteiger partial charge in [0.1, 0.15) is 0 Å². The maximum atomic E-state index is 12.2. The smallest absolute Gasteiger partial charge is 0.340 e. The number of ether oxygens (including phenoxy) is 1. The van der Waals surface area contributed by atoms with Crippen LogP contribution in [-0.2, 0) is 16.0 Å². The first-order chi connectivity index (χ1) is 11.8. The molecule has 0 unspecified atom stereocenters. The van der Waals surface area contributed by atoms with E-state index in [9.17, 15) is 9.59 Å². The summed E-state index contributed by atoms with van der Waals surface area (Å²) >= 11 is 0. The van der Waals surface area contributed by atoms with Crippen molar-refractivity contribution in [2.45, 2.75) is 47.5 Å².